The lowest BCUT2D eigenvalue weighted by atomic mass is 10.1. The molecular weight excluding hydrogens is 498 g/mol. The molecular formula is C20H39N7O6S2. The van der Waals surface area contributed by atoms with Crippen LogP contribution in [0, 0.1) is 0 Å². The highest BCUT2D eigenvalue weighted by molar-refractivity contribution is 7.98. The Hall–Kier alpha value is -2.23. The molecule has 0 aliphatic rings. The molecule has 0 aliphatic carbocycles. The molecule has 13 nitrogen and oxygen atoms in total. The van der Waals surface area contributed by atoms with Crippen LogP contribution >= 0.6 is 23.5 Å². The number of aliphatic hydroxyl groups excluding tert-OH is 1. The number of carbonyl (C=O) groups excluding carboxylic acids is 3. The molecule has 5 atom stereocenters. The van der Waals surface area contributed by atoms with Gasteiger partial charge < -0.3 is 43.4 Å². The SMILES string of the molecule is CSCCC(NC(=O)C(CCCN=C(N)N)NC(=O)C(CCSC)NC(=O)C(N)C(C)O)C(=O)O. The minimum Gasteiger partial charge on any atom is -0.480 e. The smallest absolute Gasteiger partial charge is 0.326 e. The molecule has 0 spiro atoms. The van der Waals surface area contributed by atoms with Crippen molar-refractivity contribution in [3.63, 3.8) is 0 Å². The summed E-state index contributed by atoms with van der Waals surface area (Å²) in [4.78, 5) is 53.6. The summed E-state index contributed by atoms with van der Waals surface area (Å²) < 4.78 is 0. The number of aliphatic hydroxyl groups is 1. The van der Waals surface area contributed by atoms with E-state index in [1.54, 1.807) is 0 Å². The Morgan fingerprint density at radius 2 is 1.31 bits per heavy atom. The number of guanidine groups is 1. The van der Waals surface area contributed by atoms with E-state index in [0.29, 0.717) is 17.9 Å². The quantitative estimate of drug-likeness (QED) is 0.0530. The fourth-order valence-electron chi connectivity index (χ4n) is 2.80. The molecule has 15 heteroatoms. The van der Waals surface area contributed by atoms with E-state index in [0.717, 1.165) is 0 Å². The van der Waals surface area contributed by atoms with Crippen molar-refractivity contribution in [2.75, 3.05) is 30.6 Å². The number of amides is 3. The highest BCUT2D eigenvalue weighted by Gasteiger charge is 2.30. The van der Waals surface area contributed by atoms with Crippen LogP contribution in [0.3, 0.4) is 0 Å². The number of aliphatic carboxylic acids is 1. The molecule has 35 heavy (non-hydrogen) atoms. The summed E-state index contributed by atoms with van der Waals surface area (Å²) in [6.45, 7) is 1.56. The summed E-state index contributed by atoms with van der Waals surface area (Å²) in [5, 5.41) is 26.6. The second kappa shape index (κ2) is 18.1. The Morgan fingerprint density at radius 1 is 0.857 bits per heavy atom. The van der Waals surface area contributed by atoms with Crippen molar-refractivity contribution in [1.82, 2.24) is 16.0 Å². The van der Waals surface area contributed by atoms with E-state index in [9.17, 15) is 29.4 Å². The van der Waals surface area contributed by atoms with Crippen LogP contribution in [0.5, 0.6) is 0 Å². The van der Waals surface area contributed by atoms with Gasteiger partial charge in [0.05, 0.1) is 6.10 Å². The number of carboxylic acid groups (broad SMARTS) is 1. The highest BCUT2D eigenvalue weighted by atomic mass is 32.2. The summed E-state index contributed by atoms with van der Waals surface area (Å²) in [5.74, 6) is -2.28. The molecule has 0 radical (unpaired) electrons. The topological polar surface area (TPSA) is 235 Å². The van der Waals surface area contributed by atoms with Crippen molar-refractivity contribution in [2.45, 2.75) is 62.9 Å². The number of nitrogens with two attached hydrogens (primary N) is 3. The van der Waals surface area contributed by atoms with Crippen molar-refractivity contribution >= 4 is 53.2 Å². The van der Waals surface area contributed by atoms with Gasteiger partial charge in [-0.25, -0.2) is 4.79 Å². The number of hydrogen-bond acceptors (Lipinski definition) is 9. The van der Waals surface area contributed by atoms with Gasteiger partial charge in [0.25, 0.3) is 0 Å². The van der Waals surface area contributed by atoms with Crippen molar-refractivity contribution in [3.05, 3.63) is 0 Å². The molecule has 0 saturated carbocycles. The van der Waals surface area contributed by atoms with Gasteiger partial charge in [0, 0.05) is 6.54 Å². The zero-order chi connectivity index (χ0) is 27.0. The van der Waals surface area contributed by atoms with Crippen LogP contribution in [0.4, 0.5) is 0 Å². The number of hydrogen-bond donors (Lipinski definition) is 8. The number of rotatable bonds is 18. The lowest BCUT2D eigenvalue weighted by Crippen LogP contribution is -2.58. The molecule has 0 aliphatic heterocycles. The van der Waals surface area contributed by atoms with E-state index in [-0.39, 0.29) is 31.8 Å². The second-order valence-electron chi connectivity index (χ2n) is 7.80. The summed E-state index contributed by atoms with van der Waals surface area (Å²) in [7, 11) is 0. The number of nitrogens with one attached hydrogen (secondary N) is 3. The van der Waals surface area contributed by atoms with Crippen LogP contribution < -0.4 is 33.2 Å². The van der Waals surface area contributed by atoms with Gasteiger partial charge >= 0.3 is 5.97 Å². The summed E-state index contributed by atoms with van der Waals surface area (Å²) in [6.07, 6.45) is 3.44. The van der Waals surface area contributed by atoms with E-state index < -0.39 is 54.0 Å². The Kier molecular flexibility index (Phi) is 16.9. The van der Waals surface area contributed by atoms with E-state index in [1.807, 2.05) is 12.5 Å². The predicted octanol–water partition coefficient (Wildman–Crippen LogP) is -2.21. The number of nitrogens with zero attached hydrogens (tertiary/aromatic N) is 1. The first-order chi connectivity index (χ1) is 16.4. The molecule has 202 valence electrons. The molecule has 0 fully saturated rings. The first-order valence-corrected chi connectivity index (χ1v) is 13.8. The van der Waals surface area contributed by atoms with Gasteiger partial charge in [-0.15, -0.1) is 0 Å². The van der Waals surface area contributed by atoms with Gasteiger partial charge in [0.15, 0.2) is 5.96 Å². The van der Waals surface area contributed by atoms with Crippen molar-refractivity contribution in [1.29, 1.82) is 0 Å². The van der Waals surface area contributed by atoms with Gasteiger partial charge in [-0.05, 0) is 56.6 Å². The minimum absolute atomic E-state index is 0.118. The zero-order valence-corrected chi connectivity index (χ0v) is 22.0. The van der Waals surface area contributed by atoms with Gasteiger partial charge in [-0.3, -0.25) is 19.4 Å². The van der Waals surface area contributed by atoms with Gasteiger partial charge in [-0.2, -0.15) is 23.5 Å². The van der Waals surface area contributed by atoms with Gasteiger partial charge in [-0.1, -0.05) is 0 Å². The van der Waals surface area contributed by atoms with Crippen molar-refractivity contribution in [3.8, 4) is 0 Å². The normalized spacial score (nSPS) is 15.1. The lowest BCUT2D eigenvalue weighted by molar-refractivity contribution is -0.142. The average molecular weight is 538 g/mol. The number of carboxylic acids is 1. The molecule has 0 aromatic carbocycles. The van der Waals surface area contributed by atoms with Crippen molar-refractivity contribution in [2.24, 2.45) is 22.2 Å². The zero-order valence-electron chi connectivity index (χ0n) is 20.4. The molecule has 0 heterocycles. The van der Waals surface area contributed by atoms with Crippen LogP contribution in [0.25, 0.3) is 0 Å². The third-order valence-corrected chi connectivity index (χ3v) is 6.16. The van der Waals surface area contributed by atoms with Gasteiger partial charge in [0.1, 0.15) is 24.2 Å². The summed E-state index contributed by atoms with van der Waals surface area (Å²) in [5.41, 5.74) is 16.3. The number of aliphatic imine (C=N–C) groups is 1. The van der Waals surface area contributed by atoms with E-state index in [4.69, 9.17) is 17.2 Å². The molecule has 0 rings (SSSR count). The van der Waals surface area contributed by atoms with Crippen LogP contribution in [0.2, 0.25) is 0 Å². The molecule has 0 aromatic rings. The van der Waals surface area contributed by atoms with E-state index in [2.05, 4.69) is 20.9 Å². The maximum atomic E-state index is 13.0. The van der Waals surface area contributed by atoms with Crippen molar-refractivity contribution < 1.29 is 29.4 Å². The third kappa shape index (κ3) is 14.0. The van der Waals surface area contributed by atoms with E-state index >= 15 is 0 Å². The van der Waals surface area contributed by atoms with Crippen LogP contribution in [0.15, 0.2) is 4.99 Å². The first kappa shape index (κ1) is 32.8. The van der Waals surface area contributed by atoms with Crippen LogP contribution in [-0.2, 0) is 19.2 Å². The number of carbonyl (C=O) groups is 4. The molecule has 0 saturated heterocycles. The second-order valence-corrected chi connectivity index (χ2v) is 9.77. The number of thioether (sulfide) groups is 2. The highest BCUT2D eigenvalue weighted by Crippen LogP contribution is 2.07. The Bertz CT molecular complexity index is 722. The largest absolute Gasteiger partial charge is 0.480 e. The molecule has 0 bridgehead atoms. The molecule has 0 aromatic heterocycles. The Balaban J connectivity index is 5.56. The predicted molar refractivity (Wildman–Crippen MR) is 139 cm³/mol. The Labute approximate surface area is 214 Å². The monoisotopic (exact) mass is 537 g/mol. The lowest BCUT2D eigenvalue weighted by Gasteiger charge is -2.25. The first-order valence-electron chi connectivity index (χ1n) is 11.0. The maximum Gasteiger partial charge on any atom is 0.326 e. The fourth-order valence-corrected chi connectivity index (χ4v) is 3.74. The standard InChI is InChI=1S/C20H39N7O6S2/c1-11(28)15(21)18(31)26-13(6-9-34-2)17(30)25-12(5-4-8-24-20(22)23)16(29)27-14(19(32)33)7-10-35-3/h11-15,28H,4-10,21H2,1-3H3,(H,25,30)(H,26,31)(H,27,29)(H,32,33)(H4,22,23,24). The molecule has 11 N–H and O–H groups in total. The third-order valence-electron chi connectivity index (χ3n) is 4.87. The van der Waals surface area contributed by atoms with Gasteiger partial charge in [0.2, 0.25) is 17.7 Å². The van der Waals surface area contributed by atoms with Crippen LogP contribution in [-0.4, -0.2) is 101 Å². The summed E-state index contributed by atoms with van der Waals surface area (Å²) >= 11 is 2.90. The molecule has 5 unspecified atom stereocenters. The minimum atomic E-state index is -1.23. The molecule has 3 amide bonds. The average Bonchev–Trinajstić information content (AvgIpc) is 2.79. The Morgan fingerprint density at radius 3 is 1.77 bits per heavy atom. The summed E-state index contributed by atoms with van der Waals surface area (Å²) in [6, 6.07) is -4.46. The maximum absolute atomic E-state index is 13.0. The van der Waals surface area contributed by atoms with E-state index in [1.165, 1.54) is 30.4 Å². The fraction of sp³-hybridized carbons (Fsp3) is 0.750. The van der Waals surface area contributed by atoms with Crippen LogP contribution in [0.1, 0.15) is 32.6 Å².